The number of halogens is 1. The number of aliphatic hydroxyl groups is 1. The number of imidazole rings is 1. The summed E-state index contributed by atoms with van der Waals surface area (Å²) >= 11 is 6.00. The van der Waals surface area contributed by atoms with Crippen LogP contribution in [0.15, 0.2) is 24.4 Å². The molecule has 0 bridgehead atoms. The predicted molar refractivity (Wildman–Crippen MR) is 69.2 cm³/mol. The summed E-state index contributed by atoms with van der Waals surface area (Å²) in [6.45, 7) is 4.60. The fraction of sp³-hybridized carbons (Fsp3) is 0.308. The van der Waals surface area contributed by atoms with Crippen LogP contribution in [0.3, 0.4) is 0 Å². The zero-order chi connectivity index (χ0) is 12.4. The van der Waals surface area contributed by atoms with Crippen LogP contribution in [0, 0.1) is 13.8 Å². The van der Waals surface area contributed by atoms with Crippen LogP contribution in [-0.2, 0) is 6.54 Å². The molecular weight excluding hydrogens is 236 g/mol. The number of hydrogen-bond donors (Lipinski definition) is 1. The van der Waals surface area contributed by atoms with Crippen LogP contribution in [0.1, 0.15) is 11.4 Å². The fourth-order valence-corrected chi connectivity index (χ4v) is 1.90. The summed E-state index contributed by atoms with van der Waals surface area (Å²) in [6, 6.07) is 5.86. The summed E-state index contributed by atoms with van der Waals surface area (Å²) < 4.78 is 1.94. The normalized spacial score (nSPS) is 10.8. The average molecular weight is 251 g/mol. The third-order valence-electron chi connectivity index (χ3n) is 2.77. The van der Waals surface area contributed by atoms with Crippen LogP contribution in [-0.4, -0.2) is 21.3 Å². The van der Waals surface area contributed by atoms with E-state index in [1.165, 1.54) is 0 Å². The first kappa shape index (κ1) is 12.1. The Morgan fingerprint density at radius 2 is 2.12 bits per heavy atom. The highest BCUT2D eigenvalue weighted by Crippen LogP contribution is 2.24. The minimum atomic E-state index is 0.121. The summed E-state index contributed by atoms with van der Waals surface area (Å²) in [6.07, 6.45) is 1.95. The standard InChI is InChI=1S/C13H15ClN2O/c1-9-7-11(3-4-12(9)14)13-8-16(5-6-17)10(2)15-13/h3-4,7-8,17H,5-6H2,1-2H3. The van der Waals surface area contributed by atoms with Gasteiger partial charge in [0.2, 0.25) is 0 Å². The molecule has 2 rings (SSSR count). The van der Waals surface area contributed by atoms with Crippen LogP contribution in [0.25, 0.3) is 11.3 Å². The zero-order valence-corrected chi connectivity index (χ0v) is 10.7. The van der Waals surface area contributed by atoms with Crippen LogP contribution in [0.4, 0.5) is 0 Å². The van der Waals surface area contributed by atoms with Gasteiger partial charge in [-0.1, -0.05) is 17.7 Å². The topological polar surface area (TPSA) is 38.0 Å². The van der Waals surface area contributed by atoms with Crippen molar-refractivity contribution in [2.45, 2.75) is 20.4 Å². The molecule has 0 unspecified atom stereocenters. The van der Waals surface area contributed by atoms with E-state index in [0.29, 0.717) is 6.54 Å². The van der Waals surface area contributed by atoms with Crippen molar-refractivity contribution in [3.8, 4) is 11.3 Å². The second-order valence-corrected chi connectivity index (χ2v) is 4.46. The number of rotatable bonds is 3. The van der Waals surface area contributed by atoms with Crippen LogP contribution >= 0.6 is 11.6 Å². The van der Waals surface area contributed by atoms with E-state index in [9.17, 15) is 0 Å². The van der Waals surface area contributed by atoms with Gasteiger partial charge in [0.1, 0.15) is 5.82 Å². The lowest BCUT2D eigenvalue weighted by Crippen LogP contribution is -2.02. The Balaban J connectivity index is 2.39. The number of nitrogens with zero attached hydrogens (tertiary/aromatic N) is 2. The molecule has 0 fully saturated rings. The first-order valence-electron chi connectivity index (χ1n) is 5.53. The number of aromatic nitrogens is 2. The van der Waals surface area contributed by atoms with Crippen molar-refractivity contribution in [1.29, 1.82) is 0 Å². The molecule has 90 valence electrons. The SMILES string of the molecule is Cc1cc(-c2cn(CCO)c(C)n2)ccc1Cl. The molecule has 0 radical (unpaired) electrons. The van der Waals surface area contributed by atoms with Crippen LogP contribution in [0.5, 0.6) is 0 Å². The highest BCUT2D eigenvalue weighted by atomic mass is 35.5. The molecule has 0 saturated heterocycles. The van der Waals surface area contributed by atoms with E-state index in [2.05, 4.69) is 4.98 Å². The average Bonchev–Trinajstić information content (AvgIpc) is 2.65. The Kier molecular flexibility index (Phi) is 3.50. The molecule has 0 aliphatic rings. The second-order valence-electron chi connectivity index (χ2n) is 4.05. The lowest BCUT2D eigenvalue weighted by molar-refractivity contribution is 0.275. The first-order chi connectivity index (χ1) is 8.11. The highest BCUT2D eigenvalue weighted by Gasteiger charge is 2.07. The second kappa shape index (κ2) is 4.90. The molecule has 1 heterocycles. The summed E-state index contributed by atoms with van der Waals surface area (Å²) in [7, 11) is 0. The van der Waals surface area contributed by atoms with E-state index in [0.717, 1.165) is 27.7 Å². The Morgan fingerprint density at radius 3 is 2.76 bits per heavy atom. The van der Waals surface area contributed by atoms with Crippen molar-refractivity contribution in [3.05, 3.63) is 40.8 Å². The van der Waals surface area contributed by atoms with E-state index in [1.54, 1.807) is 0 Å². The van der Waals surface area contributed by atoms with Crippen molar-refractivity contribution in [1.82, 2.24) is 9.55 Å². The molecule has 1 aromatic carbocycles. The molecule has 1 N–H and O–H groups in total. The van der Waals surface area contributed by atoms with E-state index >= 15 is 0 Å². The molecule has 1 aromatic heterocycles. The third-order valence-corrected chi connectivity index (χ3v) is 3.19. The van der Waals surface area contributed by atoms with Crippen molar-refractivity contribution in [3.63, 3.8) is 0 Å². The lowest BCUT2D eigenvalue weighted by Gasteiger charge is -2.01. The summed E-state index contributed by atoms with van der Waals surface area (Å²) in [5.74, 6) is 0.904. The van der Waals surface area contributed by atoms with Crippen LogP contribution < -0.4 is 0 Å². The molecule has 0 aliphatic heterocycles. The zero-order valence-electron chi connectivity index (χ0n) is 9.94. The van der Waals surface area contributed by atoms with Crippen molar-refractivity contribution < 1.29 is 5.11 Å². The molecule has 0 spiro atoms. The Hall–Kier alpha value is -1.32. The number of hydrogen-bond acceptors (Lipinski definition) is 2. The molecule has 0 saturated carbocycles. The molecule has 0 aliphatic carbocycles. The van der Waals surface area contributed by atoms with E-state index in [4.69, 9.17) is 16.7 Å². The van der Waals surface area contributed by atoms with Gasteiger partial charge in [0.05, 0.1) is 12.3 Å². The highest BCUT2D eigenvalue weighted by molar-refractivity contribution is 6.31. The van der Waals surface area contributed by atoms with Crippen LogP contribution in [0.2, 0.25) is 5.02 Å². The van der Waals surface area contributed by atoms with Gasteiger partial charge in [0.25, 0.3) is 0 Å². The van der Waals surface area contributed by atoms with Gasteiger partial charge in [-0.2, -0.15) is 0 Å². The molecule has 3 nitrogen and oxygen atoms in total. The minimum Gasteiger partial charge on any atom is -0.395 e. The molecule has 4 heteroatoms. The maximum absolute atomic E-state index is 8.94. The van der Waals surface area contributed by atoms with Crippen molar-refractivity contribution in [2.24, 2.45) is 0 Å². The van der Waals surface area contributed by atoms with E-state index in [-0.39, 0.29) is 6.61 Å². The third kappa shape index (κ3) is 2.51. The van der Waals surface area contributed by atoms with Crippen molar-refractivity contribution in [2.75, 3.05) is 6.61 Å². The maximum atomic E-state index is 8.94. The van der Waals surface area contributed by atoms with Gasteiger partial charge in [-0.25, -0.2) is 4.98 Å². The Morgan fingerprint density at radius 1 is 1.35 bits per heavy atom. The van der Waals surface area contributed by atoms with Gasteiger partial charge in [-0.3, -0.25) is 0 Å². The van der Waals surface area contributed by atoms with E-state index < -0.39 is 0 Å². The molecule has 17 heavy (non-hydrogen) atoms. The molecule has 2 aromatic rings. The van der Waals surface area contributed by atoms with Crippen molar-refractivity contribution >= 4 is 11.6 Å². The van der Waals surface area contributed by atoms with Gasteiger partial charge in [-0.05, 0) is 31.5 Å². The van der Waals surface area contributed by atoms with Gasteiger partial charge >= 0.3 is 0 Å². The monoisotopic (exact) mass is 250 g/mol. The largest absolute Gasteiger partial charge is 0.395 e. The summed E-state index contributed by atoms with van der Waals surface area (Å²) in [5.41, 5.74) is 3.00. The quantitative estimate of drug-likeness (QED) is 0.910. The predicted octanol–water partition coefficient (Wildman–Crippen LogP) is 2.81. The lowest BCUT2D eigenvalue weighted by atomic mass is 10.1. The minimum absolute atomic E-state index is 0.121. The number of benzene rings is 1. The summed E-state index contributed by atoms with van der Waals surface area (Å²) in [4.78, 5) is 4.48. The van der Waals surface area contributed by atoms with Gasteiger partial charge in [-0.15, -0.1) is 0 Å². The number of aryl methyl sites for hydroxylation is 2. The number of aliphatic hydroxyl groups excluding tert-OH is 1. The van der Waals surface area contributed by atoms with Gasteiger partial charge < -0.3 is 9.67 Å². The molecule has 0 atom stereocenters. The molecule has 0 amide bonds. The maximum Gasteiger partial charge on any atom is 0.106 e. The fourth-order valence-electron chi connectivity index (χ4n) is 1.79. The smallest absolute Gasteiger partial charge is 0.106 e. The summed E-state index contributed by atoms with van der Waals surface area (Å²) in [5, 5.41) is 9.70. The molecular formula is C13H15ClN2O. The van der Waals surface area contributed by atoms with Gasteiger partial charge in [0.15, 0.2) is 0 Å². The Bertz CT molecular complexity index is 534. The van der Waals surface area contributed by atoms with E-state index in [1.807, 2.05) is 42.8 Å². The first-order valence-corrected chi connectivity index (χ1v) is 5.91. The van der Waals surface area contributed by atoms with Gasteiger partial charge in [0, 0.05) is 23.3 Å². The Labute approximate surface area is 106 Å².